The maximum Gasteiger partial charge on any atom is 0.0547 e. The summed E-state index contributed by atoms with van der Waals surface area (Å²) in [6.07, 6.45) is 5.52. The van der Waals surface area contributed by atoms with Crippen molar-refractivity contribution in [3.8, 4) is 0 Å². The van der Waals surface area contributed by atoms with Crippen LogP contribution < -0.4 is 11.1 Å². The molecule has 3 nitrogen and oxygen atoms in total. The molecule has 1 atom stereocenters. The largest absolute Gasteiger partial charge is 0.397 e. The van der Waals surface area contributed by atoms with E-state index in [2.05, 4.69) is 23.5 Å². The van der Waals surface area contributed by atoms with E-state index in [4.69, 9.17) is 5.73 Å². The van der Waals surface area contributed by atoms with E-state index < -0.39 is 0 Å². The number of aromatic nitrogens is 1. The van der Waals surface area contributed by atoms with E-state index in [0.717, 1.165) is 12.2 Å². The maximum atomic E-state index is 5.59. The second kappa shape index (κ2) is 4.97. The minimum atomic E-state index is 0.599. The van der Waals surface area contributed by atoms with E-state index in [1.165, 1.54) is 0 Å². The molecule has 0 aromatic carbocycles. The van der Waals surface area contributed by atoms with Gasteiger partial charge in [-0.2, -0.15) is 11.8 Å². The summed E-state index contributed by atoms with van der Waals surface area (Å²) in [5.74, 6) is 0. The monoisotopic (exact) mass is 197 g/mol. The Bertz CT molecular complexity index is 265. The number of anilines is 2. The van der Waals surface area contributed by atoms with Crippen LogP contribution in [0.15, 0.2) is 18.5 Å². The number of nitrogens with one attached hydrogen (secondary N) is 1. The van der Waals surface area contributed by atoms with Crippen molar-refractivity contribution >= 4 is 23.1 Å². The molecule has 1 unspecified atom stereocenters. The minimum absolute atomic E-state index is 0.599. The molecular formula is C9H15N3S. The average Bonchev–Trinajstić information content (AvgIpc) is 2.14. The van der Waals surface area contributed by atoms with Gasteiger partial charge >= 0.3 is 0 Å². The Balaban J connectivity index is 2.45. The van der Waals surface area contributed by atoms with Gasteiger partial charge in [-0.3, -0.25) is 4.98 Å². The lowest BCUT2D eigenvalue weighted by Crippen LogP contribution is -2.12. The third kappa shape index (κ3) is 3.55. The molecule has 1 aromatic heterocycles. The van der Waals surface area contributed by atoms with Crippen LogP contribution in [-0.2, 0) is 0 Å². The van der Waals surface area contributed by atoms with Gasteiger partial charge < -0.3 is 11.1 Å². The first-order chi connectivity index (χ1) is 6.22. The standard InChI is InChI=1S/C9H15N3S/c1-7(13-2)4-12-9-3-8(10)5-11-6-9/h3,5-7,12H,4,10H2,1-2H3. The van der Waals surface area contributed by atoms with Gasteiger partial charge in [-0.25, -0.2) is 0 Å². The van der Waals surface area contributed by atoms with Crippen molar-refractivity contribution in [3.63, 3.8) is 0 Å². The molecule has 4 heteroatoms. The Morgan fingerprint density at radius 2 is 2.38 bits per heavy atom. The third-order valence-corrected chi connectivity index (χ3v) is 2.73. The van der Waals surface area contributed by atoms with Gasteiger partial charge in [0.1, 0.15) is 0 Å². The zero-order valence-electron chi connectivity index (χ0n) is 7.95. The lowest BCUT2D eigenvalue weighted by molar-refractivity contribution is 1.00. The fourth-order valence-corrected chi connectivity index (χ4v) is 1.15. The molecule has 72 valence electrons. The molecule has 0 radical (unpaired) electrons. The SMILES string of the molecule is CSC(C)CNc1cncc(N)c1. The first kappa shape index (κ1) is 10.2. The van der Waals surface area contributed by atoms with Crippen LogP contribution in [0.25, 0.3) is 0 Å². The summed E-state index contributed by atoms with van der Waals surface area (Å²) in [5.41, 5.74) is 7.27. The molecule has 0 fully saturated rings. The smallest absolute Gasteiger partial charge is 0.0547 e. The van der Waals surface area contributed by atoms with Crippen molar-refractivity contribution in [1.82, 2.24) is 4.98 Å². The van der Waals surface area contributed by atoms with Gasteiger partial charge in [-0.15, -0.1) is 0 Å². The normalized spacial score (nSPS) is 12.5. The molecule has 0 saturated heterocycles. The van der Waals surface area contributed by atoms with E-state index in [-0.39, 0.29) is 0 Å². The molecule has 3 N–H and O–H groups in total. The third-order valence-electron chi connectivity index (χ3n) is 1.76. The van der Waals surface area contributed by atoms with Crippen molar-refractivity contribution in [3.05, 3.63) is 18.5 Å². The van der Waals surface area contributed by atoms with E-state index in [0.29, 0.717) is 10.9 Å². The summed E-state index contributed by atoms with van der Waals surface area (Å²) < 4.78 is 0. The number of nitrogens with two attached hydrogens (primary N) is 1. The van der Waals surface area contributed by atoms with E-state index in [9.17, 15) is 0 Å². The highest BCUT2D eigenvalue weighted by Crippen LogP contribution is 2.11. The summed E-state index contributed by atoms with van der Waals surface area (Å²) in [6.45, 7) is 3.11. The number of hydrogen-bond acceptors (Lipinski definition) is 4. The van der Waals surface area contributed by atoms with Crippen molar-refractivity contribution < 1.29 is 0 Å². The lowest BCUT2D eigenvalue weighted by atomic mass is 10.3. The predicted octanol–water partition coefficient (Wildman–Crippen LogP) is 1.83. The van der Waals surface area contributed by atoms with E-state index >= 15 is 0 Å². The van der Waals surface area contributed by atoms with Crippen LogP contribution in [0.1, 0.15) is 6.92 Å². The van der Waals surface area contributed by atoms with Gasteiger partial charge in [0.05, 0.1) is 17.6 Å². The number of thioether (sulfide) groups is 1. The molecule has 1 rings (SSSR count). The van der Waals surface area contributed by atoms with E-state index in [1.54, 1.807) is 12.4 Å². The number of hydrogen-bond donors (Lipinski definition) is 2. The summed E-state index contributed by atoms with van der Waals surface area (Å²) in [4.78, 5) is 3.99. The number of nitrogen functional groups attached to an aromatic ring is 1. The Hall–Kier alpha value is -0.900. The molecule has 1 aromatic rings. The van der Waals surface area contributed by atoms with Crippen LogP contribution in [0.5, 0.6) is 0 Å². The first-order valence-corrected chi connectivity index (χ1v) is 5.48. The van der Waals surface area contributed by atoms with Crippen molar-refractivity contribution in [2.75, 3.05) is 23.9 Å². The second-order valence-electron chi connectivity index (χ2n) is 2.93. The number of nitrogens with zero attached hydrogens (tertiary/aromatic N) is 1. The molecule has 0 aliphatic carbocycles. The highest BCUT2D eigenvalue weighted by molar-refractivity contribution is 7.99. The first-order valence-electron chi connectivity index (χ1n) is 4.19. The molecule has 1 heterocycles. The highest BCUT2D eigenvalue weighted by Gasteiger charge is 1.98. The molecule has 0 amide bonds. The summed E-state index contributed by atoms with van der Waals surface area (Å²) >= 11 is 1.83. The summed E-state index contributed by atoms with van der Waals surface area (Å²) in [7, 11) is 0. The van der Waals surface area contributed by atoms with Crippen molar-refractivity contribution in [2.45, 2.75) is 12.2 Å². The van der Waals surface area contributed by atoms with Crippen LogP contribution in [0.3, 0.4) is 0 Å². The zero-order valence-corrected chi connectivity index (χ0v) is 8.77. The number of pyridine rings is 1. The zero-order chi connectivity index (χ0) is 9.68. The fraction of sp³-hybridized carbons (Fsp3) is 0.444. The topological polar surface area (TPSA) is 50.9 Å². The van der Waals surface area contributed by atoms with Crippen LogP contribution in [0, 0.1) is 0 Å². The van der Waals surface area contributed by atoms with Crippen LogP contribution in [-0.4, -0.2) is 23.0 Å². The van der Waals surface area contributed by atoms with E-state index in [1.807, 2.05) is 17.8 Å². The molecule has 0 aliphatic heterocycles. The van der Waals surface area contributed by atoms with Gasteiger partial charge in [0.2, 0.25) is 0 Å². The van der Waals surface area contributed by atoms with Gasteiger partial charge in [0.25, 0.3) is 0 Å². The Kier molecular flexibility index (Phi) is 3.89. The molecule has 0 spiro atoms. The van der Waals surface area contributed by atoms with Gasteiger partial charge in [-0.1, -0.05) is 6.92 Å². The van der Waals surface area contributed by atoms with Gasteiger partial charge in [0.15, 0.2) is 0 Å². The average molecular weight is 197 g/mol. The highest BCUT2D eigenvalue weighted by atomic mass is 32.2. The molecule has 0 saturated carbocycles. The molecule has 0 bridgehead atoms. The molecule has 0 aliphatic rings. The van der Waals surface area contributed by atoms with Crippen molar-refractivity contribution in [2.24, 2.45) is 0 Å². The predicted molar refractivity (Wildman–Crippen MR) is 60.1 cm³/mol. The lowest BCUT2D eigenvalue weighted by Gasteiger charge is -2.10. The quantitative estimate of drug-likeness (QED) is 0.773. The second-order valence-corrected chi connectivity index (χ2v) is 4.21. The van der Waals surface area contributed by atoms with Gasteiger partial charge in [0, 0.05) is 18.0 Å². The summed E-state index contributed by atoms with van der Waals surface area (Å²) in [6, 6.07) is 1.89. The van der Waals surface area contributed by atoms with Crippen molar-refractivity contribution in [1.29, 1.82) is 0 Å². The Labute approximate surface area is 83.1 Å². The molecular weight excluding hydrogens is 182 g/mol. The van der Waals surface area contributed by atoms with Crippen LogP contribution >= 0.6 is 11.8 Å². The maximum absolute atomic E-state index is 5.59. The molecule has 13 heavy (non-hydrogen) atoms. The minimum Gasteiger partial charge on any atom is -0.397 e. The van der Waals surface area contributed by atoms with Crippen LogP contribution in [0.4, 0.5) is 11.4 Å². The fourth-order valence-electron chi connectivity index (χ4n) is 0.899. The van der Waals surface area contributed by atoms with Crippen LogP contribution in [0.2, 0.25) is 0 Å². The van der Waals surface area contributed by atoms with Gasteiger partial charge in [-0.05, 0) is 12.3 Å². The Morgan fingerprint density at radius 3 is 3.00 bits per heavy atom. The Morgan fingerprint density at radius 1 is 1.62 bits per heavy atom. The number of rotatable bonds is 4. The summed E-state index contributed by atoms with van der Waals surface area (Å²) in [5, 5.41) is 3.87.